The summed E-state index contributed by atoms with van der Waals surface area (Å²) in [5.41, 5.74) is 3.18. The van der Waals surface area contributed by atoms with Crippen LogP contribution in [0.2, 0.25) is 5.02 Å². The Balaban J connectivity index is 1.65. The minimum Gasteiger partial charge on any atom is -0.387 e. The van der Waals surface area contributed by atoms with Gasteiger partial charge in [0.15, 0.2) is 18.2 Å². The van der Waals surface area contributed by atoms with Crippen LogP contribution in [0, 0.1) is 0 Å². The molecule has 1 saturated heterocycles. The first-order chi connectivity index (χ1) is 13.0. The highest BCUT2D eigenvalue weighted by Gasteiger charge is 2.48. The number of nitrogens with zero attached hydrogens (tertiary/aromatic N) is 3. The van der Waals surface area contributed by atoms with Gasteiger partial charge in [0, 0.05) is 11.2 Å². The zero-order valence-corrected chi connectivity index (χ0v) is 14.7. The lowest BCUT2D eigenvalue weighted by atomic mass is 10.0. The highest BCUT2D eigenvalue weighted by Crippen LogP contribution is 2.39. The van der Waals surface area contributed by atoms with E-state index in [0.717, 1.165) is 0 Å². The Morgan fingerprint density at radius 1 is 1.19 bits per heavy atom. The molecule has 10 heteroatoms. The lowest BCUT2D eigenvalue weighted by Crippen LogP contribution is -2.33. The standard InChI is InChI=1S/C17H17ClFN5O3/c18-9-3-1-8(2-4-9)11(19)14-12(25)13(26)17(27-14)24-6-5-10-15(23-20)21-7-22-16(10)24/h1-7,11-14,17,25-26H,20H2,(H,21,22,23)/t11-,12+,13-,14-,17-/m1/s1. The number of hydrazine groups is 1. The van der Waals surface area contributed by atoms with Crippen molar-refractivity contribution in [3.8, 4) is 0 Å². The van der Waals surface area contributed by atoms with Crippen molar-refractivity contribution in [1.29, 1.82) is 0 Å². The van der Waals surface area contributed by atoms with Gasteiger partial charge in [0.05, 0.1) is 5.39 Å². The van der Waals surface area contributed by atoms with Crippen LogP contribution in [-0.2, 0) is 4.74 Å². The SMILES string of the molecule is NNc1ncnc2c1ccn2[C@@H]1O[C@H]([C@H](F)c2ccc(Cl)cc2)[C@@H](O)[C@H]1O. The summed E-state index contributed by atoms with van der Waals surface area (Å²) < 4.78 is 22.2. The van der Waals surface area contributed by atoms with Crippen molar-refractivity contribution in [3.05, 3.63) is 53.4 Å². The average molecular weight is 394 g/mol. The molecule has 142 valence electrons. The third kappa shape index (κ3) is 3.03. The number of benzene rings is 1. The molecule has 0 unspecified atom stereocenters. The van der Waals surface area contributed by atoms with E-state index in [9.17, 15) is 14.6 Å². The summed E-state index contributed by atoms with van der Waals surface area (Å²) in [6, 6.07) is 7.82. The van der Waals surface area contributed by atoms with Crippen LogP contribution in [0.25, 0.3) is 11.0 Å². The van der Waals surface area contributed by atoms with Gasteiger partial charge in [-0.25, -0.2) is 20.2 Å². The second-order valence-corrected chi connectivity index (χ2v) is 6.69. The van der Waals surface area contributed by atoms with Gasteiger partial charge in [0.25, 0.3) is 0 Å². The molecule has 0 radical (unpaired) electrons. The predicted octanol–water partition coefficient (Wildman–Crippen LogP) is 1.70. The van der Waals surface area contributed by atoms with Crippen molar-refractivity contribution < 1.29 is 19.3 Å². The largest absolute Gasteiger partial charge is 0.387 e. The third-order valence-electron chi connectivity index (χ3n) is 4.67. The molecule has 0 spiro atoms. The van der Waals surface area contributed by atoms with Crippen molar-refractivity contribution >= 4 is 28.5 Å². The summed E-state index contributed by atoms with van der Waals surface area (Å²) in [7, 11) is 0. The predicted molar refractivity (Wildman–Crippen MR) is 96.6 cm³/mol. The Bertz CT molecular complexity index is 953. The molecule has 3 aromatic rings. The molecule has 3 heterocycles. The van der Waals surface area contributed by atoms with Gasteiger partial charge in [-0.1, -0.05) is 23.7 Å². The van der Waals surface area contributed by atoms with Gasteiger partial charge in [-0.15, -0.1) is 0 Å². The second kappa shape index (κ2) is 7.02. The van der Waals surface area contributed by atoms with Gasteiger partial charge in [0.2, 0.25) is 0 Å². The van der Waals surface area contributed by atoms with Crippen molar-refractivity contribution in [2.75, 3.05) is 5.43 Å². The normalized spacial score (nSPS) is 26.4. The molecule has 1 aliphatic rings. The molecule has 0 bridgehead atoms. The zero-order valence-electron chi connectivity index (χ0n) is 13.9. The Hall–Kier alpha value is -2.30. The van der Waals surface area contributed by atoms with Crippen molar-refractivity contribution in [1.82, 2.24) is 14.5 Å². The van der Waals surface area contributed by atoms with E-state index >= 15 is 0 Å². The fourth-order valence-electron chi connectivity index (χ4n) is 3.28. The molecule has 8 nitrogen and oxygen atoms in total. The molecular formula is C17H17ClFN5O3. The number of nitrogens with one attached hydrogen (secondary N) is 1. The van der Waals surface area contributed by atoms with Gasteiger partial charge in [-0.3, -0.25) is 0 Å². The van der Waals surface area contributed by atoms with Crippen LogP contribution in [0.5, 0.6) is 0 Å². The van der Waals surface area contributed by atoms with E-state index in [4.69, 9.17) is 22.2 Å². The van der Waals surface area contributed by atoms with E-state index in [1.807, 2.05) is 0 Å². The fraction of sp³-hybridized carbons (Fsp3) is 0.294. The number of hydrogen-bond donors (Lipinski definition) is 4. The average Bonchev–Trinajstić information content (AvgIpc) is 3.23. The van der Waals surface area contributed by atoms with E-state index in [-0.39, 0.29) is 0 Å². The van der Waals surface area contributed by atoms with Gasteiger partial charge < -0.3 is 24.9 Å². The number of fused-ring (bicyclic) bond motifs is 1. The molecule has 1 aliphatic heterocycles. The number of hydrogen-bond acceptors (Lipinski definition) is 7. The highest BCUT2D eigenvalue weighted by molar-refractivity contribution is 6.30. The molecule has 5 N–H and O–H groups in total. The molecule has 5 atom stereocenters. The molecular weight excluding hydrogens is 377 g/mol. The fourth-order valence-corrected chi connectivity index (χ4v) is 3.41. The number of aromatic nitrogens is 3. The number of aliphatic hydroxyl groups excluding tert-OH is 2. The Morgan fingerprint density at radius 2 is 1.93 bits per heavy atom. The number of ether oxygens (including phenoxy) is 1. The van der Waals surface area contributed by atoms with Crippen molar-refractivity contribution in [3.63, 3.8) is 0 Å². The summed E-state index contributed by atoms with van der Waals surface area (Å²) in [5.74, 6) is 5.83. The molecule has 0 aliphatic carbocycles. The van der Waals surface area contributed by atoms with Gasteiger partial charge in [-0.05, 0) is 23.8 Å². The Kier molecular flexibility index (Phi) is 4.70. The number of rotatable bonds is 4. The summed E-state index contributed by atoms with van der Waals surface area (Å²) >= 11 is 5.83. The monoisotopic (exact) mass is 393 g/mol. The molecule has 1 aromatic carbocycles. The number of aliphatic hydroxyl groups is 2. The Labute approximate surface area is 158 Å². The number of alkyl halides is 1. The molecule has 1 fully saturated rings. The first kappa shape index (κ1) is 18.1. The first-order valence-electron chi connectivity index (χ1n) is 8.20. The van der Waals surface area contributed by atoms with Crippen molar-refractivity contribution in [2.45, 2.75) is 30.7 Å². The topological polar surface area (TPSA) is 118 Å². The van der Waals surface area contributed by atoms with Crippen LogP contribution in [-0.4, -0.2) is 43.1 Å². The summed E-state index contributed by atoms with van der Waals surface area (Å²) in [6.07, 6.45) is -3.78. The van der Waals surface area contributed by atoms with E-state index < -0.39 is 30.7 Å². The van der Waals surface area contributed by atoms with Crippen molar-refractivity contribution in [2.24, 2.45) is 5.84 Å². The summed E-state index contributed by atoms with van der Waals surface area (Å²) in [5, 5.41) is 21.9. The van der Waals surface area contributed by atoms with Gasteiger partial charge in [0.1, 0.15) is 30.3 Å². The van der Waals surface area contributed by atoms with E-state index in [1.54, 1.807) is 24.4 Å². The lowest BCUT2D eigenvalue weighted by molar-refractivity contribution is -0.0625. The van der Waals surface area contributed by atoms with Crippen LogP contribution in [0.1, 0.15) is 18.0 Å². The maximum absolute atomic E-state index is 14.9. The molecule has 0 saturated carbocycles. The lowest BCUT2D eigenvalue weighted by Gasteiger charge is -2.19. The van der Waals surface area contributed by atoms with Crippen LogP contribution in [0.15, 0.2) is 42.9 Å². The number of nitrogen functional groups attached to an aromatic ring is 1. The minimum absolute atomic E-state index is 0.297. The number of anilines is 1. The molecule has 4 rings (SSSR count). The molecule has 2 aromatic heterocycles. The number of halogens is 2. The smallest absolute Gasteiger partial charge is 0.164 e. The quantitative estimate of drug-likeness (QED) is 0.393. The van der Waals surface area contributed by atoms with E-state index in [0.29, 0.717) is 27.4 Å². The van der Waals surface area contributed by atoms with E-state index in [1.165, 1.54) is 23.0 Å². The maximum atomic E-state index is 14.9. The van der Waals surface area contributed by atoms with Crippen LogP contribution >= 0.6 is 11.6 Å². The molecule has 0 amide bonds. The molecule has 27 heavy (non-hydrogen) atoms. The highest BCUT2D eigenvalue weighted by atomic mass is 35.5. The van der Waals surface area contributed by atoms with Crippen LogP contribution in [0.3, 0.4) is 0 Å². The summed E-state index contributed by atoms with van der Waals surface area (Å²) in [6.45, 7) is 0. The van der Waals surface area contributed by atoms with E-state index in [2.05, 4.69) is 15.4 Å². The Morgan fingerprint density at radius 3 is 2.63 bits per heavy atom. The maximum Gasteiger partial charge on any atom is 0.164 e. The first-order valence-corrected chi connectivity index (χ1v) is 8.58. The van der Waals surface area contributed by atoms with Crippen LogP contribution in [0.4, 0.5) is 10.2 Å². The second-order valence-electron chi connectivity index (χ2n) is 6.25. The van der Waals surface area contributed by atoms with Crippen LogP contribution < -0.4 is 11.3 Å². The number of nitrogens with two attached hydrogens (primary N) is 1. The van der Waals surface area contributed by atoms with Gasteiger partial charge in [-0.2, -0.15) is 0 Å². The minimum atomic E-state index is -1.64. The summed E-state index contributed by atoms with van der Waals surface area (Å²) in [4.78, 5) is 8.17. The zero-order chi connectivity index (χ0) is 19.1. The van der Waals surface area contributed by atoms with Gasteiger partial charge >= 0.3 is 0 Å². The third-order valence-corrected chi connectivity index (χ3v) is 4.92.